The van der Waals surface area contributed by atoms with E-state index in [0.717, 1.165) is 12.1 Å². The van der Waals surface area contributed by atoms with E-state index in [0.29, 0.717) is 10.6 Å². The van der Waals surface area contributed by atoms with Gasteiger partial charge in [0.05, 0.1) is 15.7 Å². The molecule has 0 radical (unpaired) electrons. The van der Waals surface area contributed by atoms with E-state index in [1.54, 1.807) is 6.07 Å². The highest BCUT2D eigenvalue weighted by atomic mass is 35.5. The van der Waals surface area contributed by atoms with Crippen molar-refractivity contribution in [1.82, 2.24) is 9.78 Å². The molecular formula is C18H12Cl2F3N3O. The number of hydrogen-bond donors (Lipinski definition) is 1. The van der Waals surface area contributed by atoms with Gasteiger partial charge in [0.2, 0.25) is 0 Å². The molecule has 0 aliphatic heterocycles. The standard InChI is InChI=1S/C18H12Cl2F3N3O/c1-26-8-15(16(25-26)17(22)23)24-18(27)11-4-3-10(21)7-12(11)9-2-5-13(19)14(20)6-9/h2-8,17H,1H3,(H,24,27). The maximum Gasteiger partial charge on any atom is 0.284 e. The molecule has 1 N–H and O–H groups in total. The Hall–Kier alpha value is -2.51. The summed E-state index contributed by atoms with van der Waals surface area (Å²) in [5.41, 5.74) is 0.104. The van der Waals surface area contributed by atoms with Crippen LogP contribution in [0.3, 0.4) is 0 Å². The SMILES string of the molecule is Cn1cc(NC(=O)c2ccc(F)cc2-c2ccc(Cl)c(Cl)c2)c(C(F)F)n1. The van der Waals surface area contributed by atoms with Gasteiger partial charge in [0, 0.05) is 18.8 Å². The molecule has 0 fully saturated rings. The highest BCUT2D eigenvalue weighted by Gasteiger charge is 2.21. The predicted octanol–water partition coefficient (Wildman–Crippen LogP) is 5.72. The molecule has 0 saturated carbocycles. The van der Waals surface area contributed by atoms with Crippen LogP contribution in [0.4, 0.5) is 18.9 Å². The number of rotatable bonds is 4. The molecule has 4 nitrogen and oxygen atoms in total. The molecule has 0 aliphatic carbocycles. The molecule has 0 aliphatic rings. The summed E-state index contributed by atoms with van der Waals surface area (Å²) >= 11 is 11.9. The number of alkyl halides is 2. The normalized spacial score (nSPS) is 11.1. The second-order valence-electron chi connectivity index (χ2n) is 5.68. The summed E-state index contributed by atoms with van der Waals surface area (Å²) in [5.74, 6) is -1.26. The van der Waals surface area contributed by atoms with Crippen molar-refractivity contribution >= 4 is 34.8 Å². The second kappa shape index (κ2) is 7.62. The van der Waals surface area contributed by atoms with Crippen LogP contribution in [0.5, 0.6) is 0 Å². The molecule has 1 heterocycles. The third-order valence-corrected chi connectivity index (χ3v) is 4.51. The number of nitrogens with zero attached hydrogens (tertiary/aromatic N) is 2. The van der Waals surface area contributed by atoms with Gasteiger partial charge >= 0.3 is 0 Å². The van der Waals surface area contributed by atoms with Crippen LogP contribution in [0.25, 0.3) is 11.1 Å². The van der Waals surface area contributed by atoms with Gasteiger partial charge < -0.3 is 5.32 Å². The first kappa shape index (κ1) is 19.3. The van der Waals surface area contributed by atoms with Crippen LogP contribution in [0.1, 0.15) is 22.5 Å². The Morgan fingerprint density at radius 3 is 2.56 bits per heavy atom. The quantitative estimate of drug-likeness (QED) is 0.594. The Labute approximate surface area is 162 Å². The Balaban J connectivity index is 2.02. The molecule has 0 bridgehead atoms. The zero-order valence-electron chi connectivity index (χ0n) is 13.8. The molecule has 9 heteroatoms. The van der Waals surface area contributed by atoms with Crippen molar-refractivity contribution < 1.29 is 18.0 Å². The van der Waals surface area contributed by atoms with E-state index in [4.69, 9.17) is 23.2 Å². The van der Waals surface area contributed by atoms with Crippen molar-refractivity contribution in [3.05, 3.63) is 69.7 Å². The smallest absolute Gasteiger partial charge is 0.284 e. The topological polar surface area (TPSA) is 46.9 Å². The summed E-state index contributed by atoms with van der Waals surface area (Å²) in [6, 6.07) is 8.11. The minimum absolute atomic E-state index is 0.0823. The fourth-order valence-electron chi connectivity index (χ4n) is 2.57. The molecule has 0 saturated heterocycles. The molecule has 3 rings (SSSR count). The molecule has 0 atom stereocenters. The van der Waals surface area contributed by atoms with E-state index >= 15 is 0 Å². The summed E-state index contributed by atoms with van der Waals surface area (Å²) < 4.78 is 41.1. The summed E-state index contributed by atoms with van der Waals surface area (Å²) in [6.45, 7) is 0. The van der Waals surface area contributed by atoms with Gasteiger partial charge in [-0.05, 0) is 41.5 Å². The maximum atomic E-state index is 13.8. The highest BCUT2D eigenvalue weighted by molar-refractivity contribution is 6.42. The van der Waals surface area contributed by atoms with Gasteiger partial charge in [-0.2, -0.15) is 5.10 Å². The molecule has 1 aromatic heterocycles. The summed E-state index contributed by atoms with van der Waals surface area (Å²) in [5, 5.41) is 6.57. The largest absolute Gasteiger partial charge is 0.319 e. The molecule has 0 unspecified atom stereocenters. The van der Waals surface area contributed by atoms with Crippen LogP contribution >= 0.6 is 23.2 Å². The number of hydrogen-bond acceptors (Lipinski definition) is 2. The number of nitrogens with one attached hydrogen (secondary N) is 1. The van der Waals surface area contributed by atoms with Crippen molar-refractivity contribution in [2.24, 2.45) is 7.05 Å². The maximum absolute atomic E-state index is 13.8. The van der Waals surface area contributed by atoms with Gasteiger partial charge in [0.25, 0.3) is 12.3 Å². The average Bonchev–Trinajstić information content (AvgIpc) is 2.97. The van der Waals surface area contributed by atoms with Gasteiger partial charge in [0.15, 0.2) is 5.69 Å². The fraction of sp³-hybridized carbons (Fsp3) is 0.111. The zero-order chi connectivity index (χ0) is 19.7. The summed E-state index contributed by atoms with van der Waals surface area (Å²) in [6.07, 6.45) is -1.59. The number of anilines is 1. The number of carbonyl (C=O) groups excluding carboxylic acids is 1. The van der Waals surface area contributed by atoms with Crippen molar-refractivity contribution in [3.8, 4) is 11.1 Å². The van der Waals surface area contributed by atoms with Crippen molar-refractivity contribution in [2.45, 2.75) is 6.43 Å². The van der Waals surface area contributed by atoms with Crippen LogP contribution in [-0.4, -0.2) is 15.7 Å². The monoisotopic (exact) mass is 413 g/mol. The van der Waals surface area contributed by atoms with Gasteiger partial charge in [0.1, 0.15) is 5.82 Å². The average molecular weight is 414 g/mol. The second-order valence-corrected chi connectivity index (χ2v) is 6.49. The first-order valence-corrected chi connectivity index (χ1v) is 8.40. The van der Waals surface area contributed by atoms with E-state index in [1.165, 1.54) is 36.1 Å². The Kier molecular flexibility index (Phi) is 5.43. The van der Waals surface area contributed by atoms with Crippen molar-refractivity contribution in [1.29, 1.82) is 0 Å². The number of aryl methyl sites for hydroxylation is 1. The van der Waals surface area contributed by atoms with E-state index in [1.807, 2.05) is 0 Å². The summed E-state index contributed by atoms with van der Waals surface area (Å²) in [7, 11) is 1.46. The third kappa shape index (κ3) is 4.09. The lowest BCUT2D eigenvalue weighted by Crippen LogP contribution is -2.14. The van der Waals surface area contributed by atoms with Crippen molar-refractivity contribution in [3.63, 3.8) is 0 Å². The summed E-state index contributed by atoms with van der Waals surface area (Å²) in [4.78, 5) is 12.7. The van der Waals surface area contributed by atoms with Crippen LogP contribution in [-0.2, 0) is 7.05 Å². The molecule has 2 aromatic carbocycles. The fourth-order valence-corrected chi connectivity index (χ4v) is 2.87. The zero-order valence-corrected chi connectivity index (χ0v) is 15.3. The first-order chi connectivity index (χ1) is 12.8. The lowest BCUT2D eigenvalue weighted by molar-refractivity contribution is 0.102. The molecule has 3 aromatic rings. The van der Waals surface area contributed by atoms with Crippen LogP contribution in [0, 0.1) is 5.82 Å². The molecular weight excluding hydrogens is 402 g/mol. The number of halogens is 5. The lowest BCUT2D eigenvalue weighted by atomic mass is 9.99. The third-order valence-electron chi connectivity index (χ3n) is 3.77. The van der Waals surface area contributed by atoms with Crippen LogP contribution < -0.4 is 5.32 Å². The van der Waals surface area contributed by atoms with Gasteiger partial charge in [-0.15, -0.1) is 0 Å². The van der Waals surface area contributed by atoms with Gasteiger partial charge in [-0.1, -0.05) is 29.3 Å². The van der Waals surface area contributed by atoms with Gasteiger partial charge in [-0.25, -0.2) is 13.2 Å². The Bertz CT molecular complexity index is 1020. The Morgan fingerprint density at radius 1 is 1.15 bits per heavy atom. The molecule has 1 amide bonds. The van der Waals surface area contributed by atoms with E-state index in [2.05, 4.69) is 10.4 Å². The Morgan fingerprint density at radius 2 is 1.89 bits per heavy atom. The minimum Gasteiger partial charge on any atom is -0.319 e. The number of carbonyl (C=O) groups is 1. The van der Waals surface area contributed by atoms with E-state index < -0.39 is 23.8 Å². The molecule has 27 heavy (non-hydrogen) atoms. The van der Waals surface area contributed by atoms with Crippen LogP contribution in [0.2, 0.25) is 10.0 Å². The first-order valence-electron chi connectivity index (χ1n) is 7.64. The van der Waals surface area contributed by atoms with Gasteiger partial charge in [-0.3, -0.25) is 9.48 Å². The van der Waals surface area contributed by atoms with Crippen LogP contribution in [0.15, 0.2) is 42.6 Å². The minimum atomic E-state index is -2.86. The lowest BCUT2D eigenvalue weighted by Gasteiger charge is -2.11. The van der Waals surface area contributed by atoms with Crippen molar-refractivity contribution in [2.75, 3.05) is 5.32 Å². The number of amides is 1. The predicted molar refractivity (Wildman–Crippen MR) is 98.0 cm³/mol. The van der Waals surface area contributed by atoms with E-state index in [9.17, 15) is 18.0 Å². The number of benzene rings is 2. The number of aromatic nitrogens is 2. The molecule has 140 valence electrons. The molecule has 0 spiro atoms. The highest BCUT2D eigenvalue weighted by Crippen LogP contribution is 2.32. The van der Waals surface area contributed by atoms with E-state index in [-0.39, 0.29) is 21.8 Å².